The topological polar surface area (TPSA) is 9.23 Å². The molecule has 1 heterocycles. The van der Waals surface area contributed by atoms with Crippen molar-refractivity contribution < 1.29 is 4.74 Å². The number of ether oxygens (including phenoxy) is 1. The molecule has 0 fully saturated rings. The Bertz CT molecular complexity index is 692. The lowest BCUT2D eigenvalue weighted by molar-refractivity contribution is 0.291. The summed E-state index contributed by atoms with van der Waals surface area (Å²) in [5.74, 6) is 1.02. The first-order valence-electron chi connectivity index (χ1n) is 7.06. The third-order valence-corrected chi connectivity index (χ3v) is 6.04. The van der Waals surface area contributed by atoms with E-state index in [-0.39, 0.29) is 10.2 Å². The van der Waals surface area contributed by atoms with Gasteiger partial charge in [0.1, 0.15) is 5.75 Å². The van der Waals surface area contributed by atoms with Crippen molar-refractivity contribution >= 4 is 31.9 Å². The Morgan fingerprint density at radius 3 is 2.48 bits per heavy atom. The van der Waals surface area contributed by atoms with Gasteiger partial charge in [-0.25, -0.2) is 0 Å². The molecule has 1 atom stereocenters. The molecule has 110 valence electrons. The van der Waals surface area contributed by atoms with Gasteiger partial charge in [0.05, 0.1) is 11.4 Å². The lowest BCUT2D eigenvalue weighted by Crippen LogP contribution is -2.18. The maximum atomic E-state index is 5.77. The quantitative estimate of drug-likeness (QED) is 0.560. The predicted octanol–water partition coefficient (Wildman–Crippen LogP) is 5.91. The van der Waals surface area contributed by atoms with Crippen LogP contribution in [0.3, 0.4) is 0 Å². The van der Waals surface area contributed by atoms with E-state index in [1.807, 2.05) is 0 Å². The summed E-state index contributed by atoms with van der Waals surface area (Å²) in [7, 11) is 0. The lowest BCUT2D eigenvalue weighted by Gasteiger charge is -2.18. The van der Waals surface area contributed by atoms with Crippen LogP contribution in [0.5, 0.6) is 5.75 Å². The van der Waals surface area contributed by atoms with Crippen LogP contribution in [0.15, 0.2) is 40.9 Å². The van der Waals surface area contributed by atoms with E-state index >= 15 is 0 Å². The van der Waals surface area contributed by atoms with Gasteiger partial charge < -0.3 is 4.74 Å². The minimum absolute atomic E-state index is 0.0910. The number of hydrogen-bond donors (Lipinski definition) is 0. The van der Waals surface area contributed by atoms with E-state index in [2.05, 4.69) is 89.0 Å². The van der Waals surface area contributed by atoms with Crippen molar-refractivity contribution in [1.29, 1.82) is 0 Å². The normalized spacial score (nSPS) is 17.2. The summed E-state index contributed by atoms with van der Waals surface area (Å²) in [6.45, 7) is 7.34. The van der Waals surface area contributed by atoms with Gasteiger partial charge in [0.2, 0.25) is 0 Å². The fraction of sp³-hybridized carbons (Fsp3) is 0.333. The van der Waals surface area contributed by atoms with Gasteiger partial charge in [-0.15, -0.1) is 0 Å². The number of hydrogen-bond acceptors (Lipinski definition) is 1. The van der Waals surface area contributed by atoms with Crippen molar-refractivity contribution in [3.63, 3.8) is 0 Å². The monoisotopic (exact) mass is 408 g/mol. The Morgan fingerprint density at radius 2 is 1.76 bits per heavy atom. The van der Waals surface area contributed by atoms with E-state index in [1.165, 1.54) is 22.3 Å². The number of halogens is 2. The van der Waals surface area contributed by atoms with Crippen molar-refractivity contribution in [2.45, 2.75) is 31.0 Å². The van der Waals surface area contributed by atoms with Gasteiger partial charge in [0.15, 0.2) is 0 Å². The molecule has 3 rings (SSSR count). The first-order chi connectivity index (χ1) is 9.88. The highest BCUT2D eigenvalue weighted by Crippen LogP contribution is 2.42. The molecule has 0 saturated heterocycles. The van der Waals surface area contributed by atoms with Gasteiger partial charge in [-0.05, 0) is 41.8 Å². The second-order valence-electron chi connectivity index (χ2n) is 6.30. The molecule has 21 heavy (non-hydrogen) atoms. The van der Waals surface area contributed by atoms with Crippen molar-refractivity contribution in [2.24, 2.45) is 0 Å². The summed E-state index contributed by atoms with van der Waals surface area (Å²) in [5, 5.41) is 0. The van der Waals surface area contributed by atoms with Crippen LogP contribution >= 0.6 is 31.9 Å². The number of rotatable bonds is 2. The van der Waals surface area contributed by atoms with Crippen LogP contribution in [0.1, 0.15) is 40.9 Å². The molecule has 0 spiro atoms. The zero-order chi connectivity index (χ0) is 15.2. The van der Waals surface area contributed by atoms with E-state index < -0.39 is 0 Å². The second-order valence-corrected chi connectivity index (χ2v) is 8.07. The molecule has 0 radical (unpaired) electrons. The van der Waals surface area contributed by atoms with Crippen molar-refractivity contribution in [1.82, 2.24) is 0 Å². The van der Waals surface area contributed by atoms with E-state index in [4.69, 9.17) is 4.74 Å². The molecule has 0 saturated carbocycles. The highest BCUT2D eigenvalue weighted by Gasteiger charge is 2.32. The average molecular weight is 410 g/mol. The molecule has 0 aromatic heterocycles. The third kappa shape index (κ3) is 2.78. The summed E-state index contributed by atoms with van der Waals surface area (Å²) in [5.41, 5.74) is 5.19. The Morgan fingerprint density at radius 1 is 1.10 bits per heavy atom. The van der Waals surface area contributed by atoms with Crippen molar-refractivity contribution in [3.05, 3.63) is 63.1 Å². The molecule has 0 N–H and O–H groups in total. The van der Waals surface area contributed by atoms with Crippen molar-refractivity contribution in [3.8, 4) is 5.75 Å². The van der Waals surface area contributed by atoms with Crippen LogP contribution in [0.2, 0.25) is 0 Å². The fourth-order valence-electron chi connectivity index (χ4n) is 2.71. The molecular weight excluding hydrogens is 392 g/mol. The summed E-state index contributed by atoms with van der Waals surface area (Å²) >= 11 is 7.40. The number of fused-ring (bicyclic) bond motifs is 1. The van der Waals surface area contributed by atoms with Crippen LogP contribution in [0.4, 0.5) is 0 Å². The summed E-state index contributed by atoms with van der Waals surface area (Å²) in [6.07, 6.45) is 0. The molecule has 2 aromatic carbocycles. The summed E-state index contributed by atoms with van der Waals surface area (Å²) in [4.78, 5) is 0.200. The van der Waals surface area contributed by atoms with Gasteiger partial charge in [-0.2, -0.15) is 0 Å². The predicted molar refractivity (Wildman–Crippen MR) is 94.6 cm³/mol. The zero-order valence-corrected chi connectivity index (χ0v) is 15.6. The maximum absolute atomic E-state index is 5.77. The van der Waals surface area contributed by atoms with E-state index in [0.717, 1.165) is 16.8 Å². The Kier molecular flexibility index (Phi) is 3.91. The molecule has 1 aliphatic heterocycles. The zero-order valence-electron chi connectivity index (χ0n) is 12.4. The smallest absolute Gasteiger partial charge is 0.123 e. The molecule has 1 unspecified atom stereocenters. The first-order valence-corrected chi connectivity index (χ1v) is 8.77. The van der Waals surface area contributed by atoms with Crippen molar-refractivity contribution in [2.75, 3.05) is 6.61 Å². The van der Waals surface area contributed by atoms with Crippen LogP contribution in [-0.2, 0) is 5.41 Å². The van der Waals surface area contributed by atoms with E-state index in [1.54, 1.807) is 0 Å². The fourth-order valence-corrected chi connectivity index (χ4v) is 3.53. The summed E-state index contributed by atoms with van der Waals surface area (Å²) in [6, 6.07) is 13.0. The van der Waals surface area contributed by atoms with Gasteiger partial charge in [0, 0.05) is 15.5 Å². The number of alkyl halides is 1. The number of benzene rings is 2. The standard InChI is InChI=1S/C18H18Br2O/c1-11-8-12(4-6-15(11)19)17(20)13-5-7-16-14(9-13)18(2,3)10-21-16/h4-9,17H,10H2,1-3H3. The van der Waals surface area contributed by atoms with E-state index in [0.29, 0.717) is 0 Å². The molecule has 1 nitrogen and oxygen atoms in total. The SMILES string of the molecule is Cc1cc(C(Br)c2ccc3c(c2)C(C)(C)CO3)ccc1Br. The molecule has 2 aromatic rings. The second kappa shape index (κ2) is 5.44. The largest absolute Gasteiger partial charge is 0.492 e. The molecule has 3 heteroatoms. The van der Waals surface area contributed by atoms with Gasteiger partial charge >= 0.3 is 0 Å². The Labute approximate surface area is 143 Å². The minimum Gasteiger partial charge on any atom is -0.492 e. The minimum atomic E-state index is 0.0910. The molecule has 1 aliphatic rings. The average Bonchev–Trinajstić information content (AvgIpc) is 2.76. The molecule has 0 aliphatic carbocycles. The Hall–Kier alpha value is -0.800. The van der Waals surface area contributed by atoms with Crippen LogP contribution < -0.4 is 4.74 Å². The molecule has 0 amide bonds. The summed E-state index contributed by atoms with van der Waals surface area (Å²) < 4.78 is 6.92. The first kappa shape index (κ1) is 15.1. The van der Waals surface area contributed by atoms with Crippen LogP contribution in [0, 0.1) is 6.92 Å². The van der Waals surface area contributed by atoms with Gasteiger partial charge in [-0.3, -0.25) is 0 Å². The highest BCUT2D eigenvalue weighted by molar-refractivity contribution is 9.10. The van der Waals surface area contributed by atoms with Gasteiger partial charge in [0.25, 0.3) is 0 Å². The maximum Gasteiger partial charge on any atom is 0.123 e. The molecule has 0 bridgehead atoms. The molecular formula is C18H18Br2O. The lowest BCUT2D eigenvalue weighted by atomic mass is 9.85. The van der Waals surface area contributed by atoms with Crippen LogP contribution in [-0.4, -0.2) is 6.61 Å². The third-order valence-electron chi connectivity index (χ3n) is 4.09. The van der Waals surface area contributed by atoms with Crippen LogP contribution in [0.25, 0.3) is 0 Å². The highest BCUT2D eigenvalue weighted by atomic mass is 79.9. The van der Waals surface area contributed by atoms with E-state index in [9.17, 15) is 0 Å². The Balaban J connectivity index is 1.99. The van der Waals surface area contributed by atoms with Gasteiger partial charge in [-0.1, -0.05) is 63.9 Å². The number of aryl methyl sites for hydroxylation is 1.